The molecule has 2 heterocycles. The SMILES string of the molecule is COc1nccc(S(=O)(=O)Cc2ccn(C3CCC3)n2)c1F. The van der Waals surface area contributed by atoms with E-state index in [4.69, 9.17) is 4.74 Å². The summed E-state index contributed by atoms with van der Waals surface area (Å²) in [6.45, 7) is 0. The predicted molar refractivity (Wildman–Crippen MR) is 76.8 cm³/mol. The highest BCUT2D eigenvalue weighted by atomic mass is 32.2. The van der Waals surface area contributed by atoms with Crippen molar-refractivity contribution in [2.24, 2.45) is 0 Å². The normalized spacial score (nSPS) is 15.5. The minimum atomic E-state index is -3.85. The lowest BCUT2D eigenvalue weighted by Gasteiger charge is -2.25. The van der Waals surface area contributed by atoms with Crippen molar-refractivity contribution >= 4 is 9.84 Å². The lowest BCUT2D eigenvalue weighted by molar-refractivity contribution is 0.288. The number of methoxy groups -OCH3 is 1. The molecule has 1 aliphatic carbocycles. The molecule has 0 N–H and O–H groups in total. The van der Waals surface area contributed by atoms with Gasteiger partial charge < -0.3 is 4.74 Å². The van der Waals surface area contributed by atoms with E-state index < -0.39 is 20.5 Å². The molecular formula is C14H16FN3O3S. The first-order valence-electron chi connectivity index (χ1n) is 6.96. The Hall–Kier alpha value is -1.96. The molecule has 3 rings (SSSR count). The van der Waals surface area contributed by atoms with E-state index in [1.165, 1.54) is 19.7 Å². The Balaban J connectivity index is 1.85. The molecule has 0 bridgehead atoms. The number of aromatic nitrogens is 3. The van der Waals surface area contributed by atoms with Crippen LogP contribution >= 0.6 is 0 Å². The fourth-order valence-electron chi connectivity index (χ4n) is 2.37. The quantitative estimate of drug-likeness (QED) is 0.842. The summed E-state index contributed by atoms with van der Waals surface area (Å²) in [6, 6.07) is 3.15. The second-order valence-corrected chi connectivity index (χ2v) is 7.22. The predicted octanol–water partition coefficient (Wildman–Crippen LogP) is 2.12. The van der Waals surface area contributed by atoms with Crippen molar-refractivity contribution in [2.45, 2.75) is 36.0 Å². The summed E-state index contributed by atoms with van der Waals surface area (Å²) in [5.41, 5.74) is 0.405. The number of hydrogen-bond donors (Lipinski definition) is 0. The molecule has 6 nitrogen and oxygen atoms in total. The highest BCUT2D eigenvalue weighted by molar-refractivity contribution is 7.90. The maximum Gasteiger partial charge on any atom is 0.251 e. The smallest absolute Gasteiger partial charge is 0.251 e. The van der Waals surface area contributed by atoms with E-state index >= 15 is 0 Å². The zero-order valence-electron chi connectivity index (χ0n) is 12.1. The molecule has 0 aliphatic heterocycles. The van der Waals surface area contributed by atoms with Gasteiger partial charge in [0.25, 0.3) is 5.88 Å². The van der Waals surface area contributed by atoms with E-state index in [1.807, 2.05) is 0 Å². The van der Waals surface area contributed by atoms with Gasteiger partial charge in [-0.3, -0.25) is 4.68 Å². The molecule has 2 aromatic heterocycles. The largest absolute Gasteiger partial charge is 0.479 e. The molecule has 0 saturated heterocycles. The first-order chi connectivity index (χ1) is 10.5. The van der Waals surface area contributed by atoms with Crippen LogP contribution in [0.15, 0.2) is 29.4 Å². The van der Waals surface area contributed by atoms with Crippen LogP contribution in [0.25, 0.3) is 0 Å². The summed E-state index contributed by atoms with van der Waals surface area (Å²) < 4.78 is 45.3. The fraction of sp³-hybridized carbons (Fsp3) is 0.429. The van der Waals surface area contributed by atoms with Crippen molar-refractivity contribution in [3.63, 3.8) is 0 Å². The first-order valence-corrected chi connectivity index (χ1v) is 8.62. The van der Waals surface area contributed by atoms with E-state index in [2.05, 4.69) is 10.1 Å². The molecule has 0 spiro atoms. The summed E-state index contributed by atoms with van der Waals surface area (Å²) >= 11 is 0. The van der Waals surface area contributed by atoms with Crippen molar-refractivity contribution in [2.75, 3.05) is 7.11 Å². The number of nitrogens with zero attached hydrogens (tertiary/aromatic N) is 3. The van der Waals surface area contributed by atoms with Crippen LogP contribution in [0.4, 0.5) is 4.39 Å². The van der Waals surface area contributed by atoms with Crippen LogP contribution in [0.3, 0.4) is 0 Å². The second kappa shape index (κ2) is 5.68. The molecule has 0 aromatic carbocycles. The maximum absolute atomic E-state index is 14.1. The van der Waals surface area contributed by atoms with Gasteiger partial charge in [0.05, 0.1) is 24.6 Å². The van der Waals surface area contributed by atoms with Gasteiger partial charge in [-0.05, 0) is 31.4 Å². The molecular weight excluding hydrogens is 309 g/mol. The van der Waals surface area contributed by atoms with E-state index in [9.17, 15) is 12.8 Å². The first kappa shape index (κ1) is 15.0. The Morgan fingerprint density at radius 2 is 2.18 bits per heavy atom. The molecule has 22 heavy (non-hydrogen) atoms. The summed E-state index contributed by atoms with van der Waals surface area (Å²) in [6.07, 6.45) is 6.27. The summed E-state index contributed by atoms with van der Waals surface area (Å²) in [4.78, 5) is 3.22. The molecule has 118 valence electrons. The van der Waals surface area contributed by atoms with Crippen LogP contribution < -0.4 is 4.74 Å². The minimum Gasteiger partial charge on any atom is -0.479 e. The van der Waals surface area contributed by atoms with Crippen LogP contribution in [0, 0.1) is 5.82 Å². The third kappa shape index (κ3) is 2.70. The van der Waals surface area contributed by atoms with Crippen molar-refractivity contribution in [3.8, 4) is 5.88 Å². The van der Waals surface area contributed by atoms with Gasteiger partial charge in [0.1, 0.15) is 4.90 Å². The Bertz CT molecular complexity index is 784. The lowest BCUT2D eigenvalue weighted by Crippen LogP contribution is -2.18. The maximum atomic E-state index is 14.1. The number of sulfone groups is 1. The van der Waals surface area contributed by atoms with Crippen LogP contribution in [-0.2, 0) is 15.6 Å². The van der Waals surface area contributed by atoms with Gasteiger partial charge in [0.2, 0.25) is 5.82 Å². The van der Waals surface area contributed by atoms with Gasteiger partial charge in [-0.25, -0.2) is 13.4 Å². The van der Waals surface area contributed by atoms with Gasteiger partial charge in [-0.1, -0.05) is 0 Å². The summed E-state index contributed by atoms with van der Waals surface area (Å²) in [5, 5.41) is 4.28. The zero-order chi connectivity index (χ0) is 15.7. The number of hydrogen-bond acceptors (Lipinski definition) is 5. The number of pyridine rings is 1. The fourth-order valence-corrected chi connectivity index (χ4v) is 3.70. The highest BCUT2D eigenvalue weighted by Crippen LogP contribution is 2.31. The van der Waals surface area contributed by atoms with Crippen molar-refractivity contribution in [1.29, 1.82) is 0 Å². The van der Waals surface area contributed by atoms with Crippen molar-refractivity contribution < 1.29 is 17.5 Å². The monoisotopic (exact) mass is 325 g/mol. The van der Waals surface area contributed by atoms with Gasteiger partial charge in [-0.2, -0.15) is 9.49 Å². The zero-order valence-corrected chi connectivity index (χ0v) is 12.9. The van der Waals surface area contributed by atoms with E-state index in [1.54, 1.807) is 16.9 Å². The molecule has 0 radical (unpaired) electrons. The average Bonchev–Trinajstić information content (AvgIpc) is 2.84. The van der Waals surface area contributed by atoms with E-state index in [0.29, 0.717) is 11.7 Å². The molecule has 0 unspecified atom stereocenters. The third-order valence-corrected chi connectivity index (χ3v) is 5.46. The molecule has 2 aromatic rings. The number of ether oxygens (including phenoxy) is 1. The van der Waals surface area contributed by atoms with E-state index in [-0.39, 0.29) is 11.6 Å². The highest BCUT2D eigenvalue weighted by Gasteiger charge is 2.25. The third-order valence-electron chi connectivity index (χ3n) is 3.80. The van der Waals surface area contributed by atoms with Crippen LogP contribution in [0.2, 0.25) is 0 Å². The molecule has 8 heteroatoms. The second-order valence-electron chi connectivity index (χ2n) is 5.26. The van der Waals surface area contributed by atoms with Gasteiger partial charge in [0, 0.05) is 12.4 Å². The number of halogens is 1. The Morgan fingerprint density at radius 3 is 2.82 bits per heavy atom. The average molecular weight is 325 g/mol. The molecule has 0 atom stereocenters. The summed E-state index contributed by atoms with van der Waals surface area (Å²) in [5.74, 6) is -1.65. The van der Waals surface area contributed by atoms with E-state index in [0.717, 1.165) is 18.9 Å². The number of rotatable bonds is 5. The Labute approximate surface area is 127 Å². The van der Waals surface area contributed by atoms with Crippen LogP contribution in [0.5, 0.6) is 5.88 Å². The van der Waals surface area contributed by atoms with Crippen molar-refractivity contribution in [1.82, 2.24) is 14.8 Å². The minimum absolute atomic E-state index is 0.332. The Morgan fingerprint density at radius 1 is 1.41 bits per heavy atom. The summed E-state index contributed by atoms with van der Waals surface area (Å²) in [7, 11) is -2.61. The van der Waals surface area contributed by atoms with Gasteiger partial charge in [0.15, 0.2) is 9.84 Å². The topological polar surface area (TPSA) is 74.1 Å². The van der Waals surface area contributed by atoms with Crippen LogP contribution in [-0.4, -0.2) is 30.3 Å². The standard InChI is InChI=1S/C14H16FN3O3S/c1-21-14-13(15)12(5-7-16-14)22(19,20)9-10-6-8-18(17-10)11-3-2-4-11/h5-8,11H,2-4,9H2,1H3. The van der Waals surface area contributed by atoms with Gasteiger partial charge >= 0.3 is 0 Å². The van der Waals surface area contributed by atoms with Crippen molar-refractivity contribution in [3.05, 3.63) is 36.0 Å². The Kier molecular flexibility index (Phi) is 3.86. The molecule has 0 amide bonds. The lowest BCUT2D eigenvalue weighted by atomic mass is 9.93. The molecule has 1 saturated carbocycles. The molecule has 1 aliphatic rings. The van der Waals surface area contributed by atoms with Crippen LogP contribution in [0.1, 0.15) is 31.0 Å². The van der Waals surface area contributed by atoms with Gasteiger partial charge in [-0.15, -0.1) is 0 Å². The molecule has 1 fully saturated rings.